The lowest BCUT2D eigenvalue weighted by atomic mass is 9.72. The van der Waals surface area contributed by atoms with Gasteiger partial charge >= 0.3 is 5.97 Å². The molecule has 3 rings (SSSR count). The lowest BCUT2D eigenvalue weighted by Gasteiger charge is -2.33. The summed E-state index contributed by atoms with van der Waals surface area (Å²) in [5, 5.41) is 13.1. The van der Waals surface area contributed by atoms with Crippen molar-refractivity contribution in [2.24, 2.45) is 11.3 Å². The van der Waals surface area contributed by atoms with Crippen LogP contribution in [0.25, 0.3) is 0 Å². The zero-order chi connectivity index (χ0) is 18.2. The third-order valence-corrected chi connectivity index (χ3v) is 6.69. The van der Waals surface area contributed by atoms with E-state index < -0.39 is 5.97 Å². The van der Waals surface area contributed by atoms with Crippen molar-refractivity contribution >= 4 is 28.2 Å². The van der Waals surface area contributed by atoms with E-state index in [9.17, 15) is 14.7 Å². The van der Waals surface area contributed by atoms with E-state index in [2.05, 4.69) is 31.0 Å². The van der Waals surface area contributed by atoms with Gasteiger partial charge < -0.3 is 10.4 Å². The van der Waals surface area contributed by atoms with Gasteiger partial charge in [-0.15, -0.1) is 11.3 Å². The van der Waals surface area contributed by atoms with E-state index in [1.807, 2.05) is 0 Å². The predicted octanol–water partition coefficient (Wildman–Crippen LogP) is 3.63. The number of likely N-dealkylation sites (tertiary alicyclic amines) is 1. The first-order chi connectivity index (χ1) is 11.8. The molecule has 1 atom stereocenters. The topological polar surface area (TPSA) is 69.6 Å². The molecular weight excluding hydrogens is 336 g/mol. The third kappa shape index (κ3) is 4.06. The molecule has 2 heterocycles. The maximum absolute atomic E-state index is 12.3. The van der Waals surface area contributed by atoms with Gasteiger partial charge in [0.25, 0.3) is 0 Å². The third-order valence-electron chi connectivity index (χ3n) is 5.52. The van der Waals surface area contributed by atoms with Crippen molar-refractivity contribution in [3.63, 3.8) is 0 Å². The second-order valence-corrected chi connectivity index (χ2v) is 9.46. The molecule has 138 valence electrons. The van der Waals surface area contributed by atoms with Crippen LogP contribution in [0.1, 0.15) is 60.8 Å². The van der Waals surface area contributed by atoms with Gasteiger partial charge in [-0.05, 0) is 62.1 Å². The number of thiophene rings is 1. The fraction of sp³-hybridized carbons (Fsp3) is 0.684. The van der Waals surface area contributed by atoms with Gasteiger partial charge in [-0.25, -0.2) is 4.79 Å². The van der Waals surface area contributed by atoms with Gasteiger partial charge in [0.1, 0.15) is 5.00 Å². The van der Waals surface area contributed by atoms with Gasteiger partial charge in [0.2, 0.25) is 5.91 Å². The number of carbonyl (C=O) groups is 2. The van der Waals surface area contributed by atoms with E-state index >= 15 is 0 Å². The normalized spacial score (nSPS) is 21.2. The Morgan fingerprint density at radius 2 is 1.96 bits per heavy atom. The Kier molecular flexibility index (Phi) is 5.21. The first-order valence-corrected chi connectivity index (χ1v) is 9.97. The average Bonchev–Trinajstić information content (AvgIpc) is 3.11. The van der Waals surface area contributed by atoms with Gasteiger partial charge in [0.05, 0.1) is 12.1 Å². The molecule has 0 aromatic carbocycles. The molecule has 1 aliphatic heterocycles. The Bertz CT molecular complexity index is 669. The van der Waals surface area contributed by atoms with Crippen LogP contribution in [0.15, 0.2) is 0 Å². The molecule has 0 spiro atoms. The van der Waals surface area contributed by atoms with Crippen molar-refractivity contribution in [3.8, 4) is 0 Å². The molecule has 2 aliphatic rings. The second-order valence-electron chi connectivity index (χ2n) is 8.35. The highest BCUT2D eigenvalue weighted by molar-refractivity contribution is 7.17. The molecule has 1 fully saturated rings. The highest BCUT2D eigenvalue weighted by Gasteiger charge is 2.34. The van der Waals surface area contributed by atoms with Gasteiger partial charge in [-0.3, -0.25) is 9.69 Å². The summed E-state index contributed by atoms with van der Waals surface area (Å²) in [6.07, 6.45) is 4.97. The van der Waals surface area contributed by atoms with Crippen molar-refractivity contribution in [2.75, 3.05) is 25.0 Å². The minimum absolute atomic E-state index is 0.102. The molecule has 1 saturated heterocycles. The lowest BCUT2D eigenvalue weighted by Crippen LogP contribution is -2.31. The van der Waals surface area contributed by atoms with E-state index in [4.69, 9.17) is 0 Å². The first-order valence-electron chi connectivity index (χ1n) is 9.15. The minimum atomic E-state index is -0.928. The standard InChI is InChI=1S/C19H28N2O3S/c1-19(2,3)12-6-7-13-14(10-12)25-17(16(13)18(23)24)20-15(22)11-21-8-4-5-9-21/h12H,4-11H2,1-3H3,(H,20,22)(H,23,24). The van der Waals surface area contributed by atoms with E-state index in [1.165, 1.54) is 11.3 Å². The number of anilines is 1. The summed E-state index contributed by atoms with van der Waals surface area (Å²) in [5.74, 6) is -0.480. The Morgan fingerprint density at radius 1 is 1.28 bits per heavy atom. The van der Waals surface area contributed by atoms with E-state index in [1.54, 1.807) is 0 Å². The number of nitrogens with zero attached hydrogens (tertiary/aromatic N) is 1. The van der Waals surface area contributed by atoms with Crippen LogP contribution in [0.2, 0.25) is 0 Å². The highest BCUT2D eigenvalue weighted by Crippen LogP contribution is 2.44. The number of aromatic carboxylic acids is 1. The first kappa shape index (κ1) is 18.4. The maximum atomic E-state index is 12.3. The van der Waals surface area contributed by atoms with E-state index in [0.717, 1.165) is 55.6 Å². The summed E-state index contributed by atoms with van der Waals surface area (Å²) in [4.78, 5) is 27.4. The van der Waals surface area contributed by atoms with Gasteiger partial charge in [-0.1, -0.05) is 20.8 Å². The fourth-order valence-electron chi connectivity index (χ4n) is 3.95. The van der Waals surface area contributed by atoms with Crippen LogP contribution in [0.4, 0.5) is 5.00 Å². The van der Waals surface area contributed by atoms with Crippen LogP contribution in [-0.2, 0) is 17.6 Å². The zero-order valence-corrected chi connectivity index (χ0v) is 16.2. The molecule has 1 aliphatic carbocycles. The number of fused-ring (bicyclic) bond motifs is 1. The highest BCUT2D eigenvalue weighted by atomic mass is 32.1. The number of nitrogens with one attached hydrogen (secondary N) is 1. The predicted molar refractivity (Wildman–Crippen MR) is 101 cm³/mol. The molecule has 25 heavy (non-hydrogen) atoms. The summed E-state index contributed by atoms with van der Waals surface area (Å²) in [7, 11) is 0. The summed E-state index contributed by atoms with van der Waals surface area (Å²) < 4.78 is 0. The number of carboxylic acids is 1. The summed E-state index contributed by atoms with van der Waals surface area (Å²) >= 11 is 1.47. The fourth-order valence-corrected chi connectivity index (χ4v) is 5.29. The van der Waals surface area contributed by atoms with Crippen LogP contribution in [0.5, 0.6) is 0 Å². The van der Waals surface area contributed by atoms with Crippen LogP contribution < -0.4 is 5.32 Å². The van der Waals surface area contributed by atoms with Crippen LogP contribution >= 0.6 is 11.3 Å². The number of carbonyl (C=O) groups excluding carboxylic acids is 1. The molecular formula is C19H28N2O3S. The molecule has 1 aromatic rings. The summed E-state index contributed by atoms with van der Waals surface area (Å²) in [5.41, 5.74) is 1.47. The number of amides is 1. The molecule has 2 N–H and O–H groups in total. The van der Waals surface area contributed by atoms with Gasteiger partial charge in [0.15, 0.2) is 0 Å². The smallest absolute Gasteiger partial charge is 0.339 e. The Morgan fingerprint density at radius 3 is 2.56 bits per heavy atom. The van der Waals surface area contributed by atoms with Gasteiger partial charge in [-0.2, -0.15) is 0 Å². The largest absolute Gasteiger partial charge is 0.478 e. The number of carboxylic acid groups (broad SMARTS) is 1. The van der Waals surface area contributed by atoms with Crippen LogP contribution in [0.3, 0.4) is 0 Å². The van der Waals surface area contributed by atoms with Crippen LogP contribution in [-0.4, -0.2) is 41.5 Å². The number of hydrogen-bond donors (Lipinski definition) is 2. The van der Waals surface area contributed by atoms with Crippen molar-refractivity contribution in [1.29, 1.82) is 0 Å². The molecule has 0 bridgehead atoms. The molecule has 1 aromatic heterocycles. The van der Waals surface area contributed by atoms with Crippen molar-refractivity contribution in [1.82, 2.24) is 4.90 Å². The lowest BCUT2D eigenvalue weighted by molar-refractivity contribution is -0.117. The van der Waals surface area contributed by atoms with Gasteiger partial charge in [0, 0.05) is 4.88 Å². The van der Waals surface area contributed by atoms with Crippen LogP contribution in [0, 0.1) is 11.3 Å². The Balaban J connectivity index is 1.79. The maximum Gasteiger partial charge on any atom is 0.339 e. The molecule has 6 heteroatoms. The molecule has 1 amide bonds. The quantitative estimate of drug-likeness (QED) is 0.856. The SMILES string of the molecule is CC(C)(C)C1CCc2c(sc(NC(=O)CN3CCCC3)c2C(=O)O)C1. The average molecular weight is 365 g/mol. The van der Waals surface area contributed by atoms with E-state index in [-0.39, 0.29) is 11.3 Å². The second kappa shape index (κ2) is 7.08. The summed E-state index contributed by atoms with van der Waals surface area (Å²) in [6.45, 7) is 8.99. The van der Waals surface area contributed by atoms with Crippen molar-refractivity contribution in [3.05, 3.63) is 16.0 Å². The zero-order valence-electron chi connectivity index (χ0n) is 15.4. The van der Waals surface area contributed by atoms with Crippen molar-refractivity contribution < 1.29 is 14.7 Å². The van der Waals surface area contributed by atoms with E-state index in [0.29, 0.717) is 23.0 Å². The minimum Gasteiger partial charge on any atom is -0.478 e. The van der Waals surface area contributed by atoms with Crippen molar-refractivity contribution in [2.45, 2.75) is 52.9 Å². The summed E-state index contributed by atoms with van der Waals surface area (Å²) in [6, 6.07) is 0. The number of hydrogen-bond acceptors (Lipinski definition) is 4. The Labute approximate surface area is 153 Å². The molecule has 0 saturated carbocycles. The molecule has 0 radical (unpaired) electrons. The monoisotopic (exact) mass is 364 g/mol. The number of rotatable bonds is 4. The molecule has 5 nitrogen and oxygen atoms in total. The Hall–Kier alpha value is -1.40. The molecule has 1 unspecified atom stereocenters.